The maximum absolute atomic E-state index is 12.5. The average molecular weight is 397 g/mol. The number of methoxy groups -OCH3 is 1. The first-order chi connectivity index (χ1) is 13.3. The van der Waals surface area contributed by atoms with Crippen molar-refractivity contribution in [3.63, 3.8) is 0 Å². The van der Waals surface area contributed by atoms with E-state index in [-0.39, 0.29) is 18.7 Å². The summed E-state index contributed by atoms with van der Waals surface area (Å²) in [6, 6.07) is 10.7. The van der Waals surface area contributed by atoms with Gasteiger partial charge in [-0.05, 0) is 48.5 Å². The molecule has 0 saturated carbocycles. The van der Waals surface area contributed by atoms with Gasteiger partial charge in [0.25, 0.3) is 5.91 Å². The third kappa shape index (κ3) is 6.82. The van der Waals surface area contributed by atoms with Crippen molar-refractivity contribution >= 4 is 17.6 Å². The molecule has 6 nitrogen and oxygen atoms in total. The summed E-state index contributed by atoms with van der Waals surface area (Å²) >= 11 is 0. The molecule has 0 heterocycles. The van der Waals surface area contributed by atoms with Crippen LogP contribution in [0.25, 0.3) is 0 Å². The van der Waals surface area contributed by atoms with Crippen LogP contribution in [0, 0.1) is 0 Å². The Morgan fingerprint density at radius 1 is 0.964 bits per heavy atom. The summed E-state index contributed by atoms with van der Waals surface area (Å²) in [5, 5.41) is 2.34. The number of amides is 1. The van der Waals surface area contributed by atoms with E-state index < -0.39 is 30.2 Å². The van der Waals surface area contributed by atoms with Crippen LogP contribution < -0.4 is 14.8 Å². The lowest BCUT2D eigenvalue weighted by molar-refractivity contribution is -0.147. The molecular weight excluding hydrogens is 379 g/mol. The number of benzene rings is 2. The smallest absolute Gasteiger partial charge is 0.416 e. The van der Waals surface area contributed by atoms with E-state index in [1.165, 1.54) is 0 Å². The Morgan fingerprint density at radius 3 is 2.14 bits per heavy atom. The summed E-state index contributed by atoms with van der Waals surface area (Å²) in [7, 11) is 1.54. The minimum Gasteiger partial charge on any atom is -0.497 e. The Kier molecular flexibility index (Phi) is 7.25. The number of esters is 1. The molecule has 0 atom stereocenters. The Bertz CT molecular complexity index is 789. The van der Waals surface area contributed by atoms with Crippen LogP contribution in [0.3, 0.4) is 0 Å². The van der Waals surface area contributed by atoms with Gasteiger partial charge in [-0.25, -0.2) is 0 Å². The van der Waals surface area contributed by atoms with Gasteiger partial charge in [0, 0.05) is 5.69 Å². The monoisotopic (exact) mass is 397 g/mol. The number of anilines is 1. The highest BCUT2D eigenvalue weighted by atomic mass is 19.4. The molecule has 0 bridgehead atoms. The van der Waals surface area contributed by atoms with Gasteiger partial charge in [-0.1, -0.05) is 0 Å². The van der Waals surface area contributed by atoms with Crippen molar-refractivity contribution in [2.45, 2.75) is 12.6 Å². The molecule has 0 aliphatic heterocycles. The Morgan fingerprint density at radius 2 is 1.57 bits per heavy atom. The van der Waals surface area contributed by atoms with Gasteiger partial charge in [-0.15, -0.1) is 0 Å². The highest BCUT2D eigenvalue weighted by molar-refractivity contribution is 5.92. The number of rotatable bonds is 8. The van der Waals surface area contributed by atoms with Gasteiger partial charge >= 0.3 is 12.1 Å². The van der Waals surface area contributed by atoms with Crippen molar-refractivity contribution < 1.29 is 37.0 Å². The van der Waals surface area contributed by atoms with Crippen molar-refractivity contribution in [1.29, 1.82) is 0 Å². The normalized spacial score (nSPS) is 10.9. The molecule has 2 aromatic carbocycles. The van der Waals surface area contributed by atoms with Crippen molar-refractivity contribution in [2.75, 3.05) is 25.6 Å². The number of hydrogen-bond acceptors (Lipinski definition) is 5. The van der Waals surface area contributed by atoms with Gasteiger partial charge in [0.15, 0.2) is 6.61 Å². The number of alkyl halides is 3. The number of carbonyl (C=O) groups is 2. The second-order valence-corrected chi connectivity index (χ2v) is 5.56. The average Bonchev–Trinajstić information content (AvgIpc) is 2.66. The van der Waals surface area contributed by atoms with Gasteiger partial charge < -0.3 is 19.5 Å². The molecule has 0 saturated heterocycles. The SMILES string of the molecule is COc1ccc(OCCC(=O)OCC(=O)Nc2ccc(C(F)(F)F)cc2)cc1. The zero-order valence-electron chi connectivity index (χ0n) is 14.9. The second-order valence-electron chi connectivity index (χ2n) is 5.56. The van der Waals surface area contributed by atoms with Gasteiger partial charge in [-0.2, -0.15) is 13.2 Å². The number of ether oxygens (including phenoxy) is 3. The van der Waals surface area contributed by atoms with E-state index in [1.807, 2.05) is 0 Å². The highest BCUT2D eigenvalue weighted by Crippen LogP contribution is 2.29. The zero-order chi connectivity index (χ0) is 20.6. The van der Waals surface area contributed by atoms with Crippen LogP contribution in [0.5, 0.6) is 11.5 Å². The molecule has 2 rings (SSSR count). The standard InChI is InChI=1S/C19H18F3NO5/c1-26-15-6-8-16(9-7-15)27-11-10-18(25)28-12-17(24)23-14-4-2-13(3-5-14)19(20,21)22/h2-9H,10-12H2,1H3,(H,23,24). The Balaban J connectivity index is 1.68. The molecule has 0 aliphatic rings. The topological polar surface area (TPSA) is 73.9 Å². The van der Waals surface area contributed by atoms with Crippen LogP contribution in [-0.2, 0) is 20.5 Å². The lowest BCUT2D eigenvalue weighted by Gasteiger charge is -2.09. The van der Waals surface area contributed by atoms with Crippen molar-refractivity contribution in [3.8, 4) is 11.5 Å². The van der Waals surface area contributed by atoms with E-state index in [0.29, 0.717) is 11.5 Å². The molecule has 9 heteroatoms. The molecule has 0 fully saturated rings. The summed E-state index contributed by atoms with van der Waals surface area (Å²) in [6.45, 7) is -0.492. The molecule has 0 radical (unpaired) electrons. The predicted octanol–water partition coefficient (Wildman–Crippen LogP) is 3.66. The molecule has 150 valence electrons. The summed E-state index contributed by atoms with van der Waals surface area (Å²) in [6.07, 6.45) is -4.52. The lowest BCUT2D eigenvalue weighted by Crippen LogP contribution is -2.21. The molecular formula is C19H18F3NO5. The van der Waals surface area contributed by atoms with E-state index in [9.17, 15) is 22.8 Å². The number of nitrogens with one attached hydrogen (secondary N) is 1. The molecule has 0 aromatic heterocycles. The second kappa shape index (κ2) is 9.63. The van der Waals surface area contributed by atoms with Gasteiger partial charge in [-0.3, -0.25) is 9.59 Å². The largest absolute Gasteiger partial charge is 0.497 e. The third-order valence-corrected chi connectivity index (χ3v) is 3.49. The first-order valence-corrected chi connectivity index (χ1v) is 8.17. The molecule has 28 heavy (non-hydrogen) atoms. The minimum absolute atomic E-state index is 0.0612. The molecule has 1 amide bonds. The number of carbonyl (C=O) groups excluding carboxylic acids is 2. The number of hydrogen-bond donors (Lipinski definition) is 1. The van der Waals surface area contributed by atoms with Crippen molar-refractivity contribution in [2.24, 2.45) is 0 Å². The van der Waals surface area contributed by atoms with Gasteiger partial charge in [0.2, 0.25) is 0 Å². The van der Waals surface area contributed by atoms with Crippen LogP contribution >= 0.6 is 0 Å². The summed E-state index contributed by atoms with van der Waals surface area (Å²) < 4.78 is 52.6. The summed E-state index contributed by atoms with van der Waals surface area (Å²) in [5.74, 6) is -0.0836. The minimum atomic E-state index is -4.45. The molecule has 0 unspecified atom stereocenters. The van der Waals surface area contributed by atoms with Crippen LogP contribution in [-0.4, -0.2) is 32.2 Å². The fraction of sp³-hybridized carbons (Fsp3) is 0.263. The maximum atomic E-state index is 12.5. The fourth-order valence-electron chi connectivity index (χ4n) is 2.08. The number of halogens is 3. The highest BCUT2D eigenvalue weighted by Gasteiger charge is 2.29. The van der Waals surface area contributed by atoms with E-state index in [2.05, 4.69) is 5.32 Å². The molecule has 1 N–H and O–H groups in total. The first kappa shape index (κ1) is 21.1. The van der Waals surface area contributed by atoms with E-state index in [1.54, 1.807) is 31.4 Å². The predicted molar refractivity (Wildman–Crippen MR) is 94.1 cm³/mol. The van der Waals surface area contributed by atoms with E-state index >= 15 is 0 Å². The third-order valence-electron chi connectivity index (χ3n) is 3.49. The van der Waals surface area contributed by atoms with Crippen LogP contribution in [0.4, 0.5) is 18.9 Å². The Hall–Kier alpha value is -3.23. The maximum Gasteiger partial charge on any atom is 0.416 e. The van der Waals surface area contributed by atoms with Gasteiger partial charge in [0.05, 0.1) is 25.7 Å². The quantitative estimate of drug-likeness (QED) is 0.688. The first-order valence-electron chi connectivity index (χ1n) is 8.17. The summed E-state index contributed by atoms with van der Waals surface area (Å²) in [4.78, 5) is 23.3. The van der Waals surface area contributed by atoms with E-state index in [0.717, 1.165) is 24.3 Å². The zero-order valence-corrected chi connectivity index (χ0v) is 14.9. The fourth-order valence-corrected chi connectivity index (χ4v) is 2.08. The van der Waals surface area contributed by atoms with E-state index in [4.69, 9.17) is 14.2 Å². The van der Waals surface area contributed by atoms with Crippen LogP contribution in [0.1, 0.15) is 12.0 Å². The lowest BCUT2D eigenvalue weighted by atomic mass is 10.2. The molecule has 0 spiro atoms. The van der Waals surface area contributed by atoms with Gasteiger partial charge in [0.1, 0.15) is 11.5 Å². The van der Waals surface area contributed by atoms with Crippen molar-refractivity contribution in [1.82, 2.24) is 0 Å². The molecule has 2 aromatic rings. The Labute approximate surface area is 159 Å². The van der Waals surface area contributed by atoms with Crippen LogP contribution in [0.2, 0.25) is 0 Å². The van der Waals surface area contributed by atoms with Crippen molar-refractivity contribution in [3.05, 3.63) is 54.1 Å². The molecule has 0 aliphatic carbocycles. The van der Waals surface area contributed by atoms with Crippen LogP contribution in [0.15, 0.2) is 48.5 Å². The summed E-state index contributed by atoms with van der Waals surface area (Å²) in [5.41, 5.74) is -0.661.